The molecule has 0 saturated heterocycles. The lowest BCUT2D eigenvalue weighted by Gasteiger charge is -2.32. The van der Waals surface area contributed by atoms with Crippen LogP contribution in [-0.2, 0) is 19.4 Å². The van der Waals surface area contributed by atoms with Crippen molar-refractivity contribution in [2.45, 2.75) is 26.3 Å². The number of aliphatic imine (C=N–C) groups is 1. The van der Waals surface area contributed by atoms with E-state index in [0.29, 0.717) is 5.89 Å². The lowest BCUT2D eigenvalue weighted by molar-refractivity contribution is 0.346. The van der Waals surface area contributed by atoms with E-state index in [1.807, 2.05) is 19.2 Å². The average molecular weight is 435 g/mol. The van der Waals surface area contributed by atoms with Crippen molar-refractivity contribution in [3.63, 3.8) is 0 Å². The van der Waals surface area contributed by atoms with Crippen molar-refractivity contribution in [1.29, 1.82) is 0 Å². The first kappa shape index (κ1) is 21.7. The number of methoxy groups -OCH3 is 2. The summed E-state index contributed by atoms with van der Waals surface area (Å²) in [5.74, 6) is 3.07. The van der Waals surface area contributed by atoms with Crippen LogP contribution in [0.1, 0.15) is 22.4 Å². The summed E-state index contributed by atoms with van der Waals surface area (Å²) < 4.78 is 16.6. The minimum absolute atomic E-state index is 0.654. The molecule has 0 unspecified atom stereocenters. The standard InChI is InChI=1S/C25H30N4O3/c1-17-5-7-18(8-6-17)24-28-21(16-32-24)9-11-27-25(26-2)29-12-10-19-13-22(30-3)23(31-4)14-20(19)15-29/h5-8,13-14,16H,9-12,15H2,1-4H3,(H,26,27). The lowest BCUT2D eigenvalue weighted by Crippen LogP contribution is -2.44. The number of hydrogen-bond acceptors (Lipinski definition) is 5. The molecule has 3 aromatic rings. The van der Waals surface area contributed by atoms with Gasteiger partial charge < -0.3 is 24.1 Å². The van der Waals surface area contributed by atoms with Crippen LogP contribution < -0.4 is 14.8 Å². The highest BCUT2D eigenvalue weighted by molar-refractivity contribution is 5.80. The summed E-state index contributed by atoms with van der Waals surface area (Å²) in [4.78, 5) is 11.4. The summed E-state index contributed by atoms with van der Waals surface area (Å²) in [5.41, 5.74) is 5.65. The third-order valence-corrected chi connectivity index (χ3v) is 5.74. The summed E-state index contributed by atoms with van der Waals surface area (Å²) in [5, 5.41) is 3.46. The molecule has 0 bridgehead atoms. The number of aryl methyl sites for hydroxylation is 1. The van der Waals surface area contributed by atoms with Gasteiger partial charge in [-0.05, 0) is 48.7 Å². The molecular weight excluding hydrogens is 404 g/mol. The van der Waals surface area contributed by atoms with E-state index in [4.69, 9.17) is 13.9 Å². The molecule has 0 fully saturated rings. The van der Waals surface area contributed by atoms with Crippen molar-refractivity contribution in [2.24, 2.45) is 4.99 Å². The molecule has 2 heterocycles. The molecule has 0 spiro atoms. The first-order valence-electron chi connectivity index (χ1n) is 10.8. The van der Waals surface area contributed by atoms with Crippen LogP contribution in [0.25, 0.3) is 11.5 Å². The molecular formula is C25H30N4O3. The number of nitrogens with one attached hydrogen (secondary N) is 1. The van der Waals surface area contributed by atoms with Crippen LogP contribution in [-0.4, -0.2) is 50.2 Å². The van der Waals surface area contributed by atoms with Crippen molar-refractivity contribution in [2.75, 3.05) is 34.4 Å². The quantitative estimate of drug-likeness (QED) is 0.469. The van der Waals surface area contributed by atoms with Crippen molar-refractivity contribution < 1.29 is 13.9 Å². The van der Waals surface area contributed by atoms with Crippen molar-refractivity contribution in [1.82, 2.24) is 15.2 Å². The maximum atomic E-state index is 5.67. The number of fused-ring (bicyclic) bond motifs is 1. The highest BCUT2D eigenvalue weighted by atomic mass is 16.5. The zero-order chi connectivity index (χ0) is 22.5. The highest BCUT2D eigenvalue weighted by Gasteiger charge is 2.21. The van der Waals surface area contributed by atoms with Gasteiger partial charge in [0.25, 0.3) is 0 Å². The van der Waals surface area contributed by atoms with Gasteiger partial charge in [-0.15, -0.1) is 0 Å². The molecule has 0 atom stereocenters. The lowest BCUT2D eigenvalue weighted by atomic mass is 9.99. The van der Waals surface area contributed by atoms with Crippen LogP contribution in [0, 0.1) is 6.92 Å². The Morgan fingerprint density at radius 2 is 1.84 bits per heavy atom. The van der Waals surface area contributed by atoms with E-state index in [0.717, 1.165) is 61.2 Å². The Morgan fingerprint density at radius 3 is 2.53 bits per heavy atom. The number of rotatable bonds is 6. The number of hydrogen-bond donors (Lipinski definition) is 1. The first-order chi connectivity index (χ1) is 15.6. The van der Waals surface area contributed by atoms with Crippen LogP contribution in [0.2, 0.25) is 0 Å². The maximum Gasteiger partial charge on any atom is 0.226 e. The van der Waals surface area contributed by atoms with Crippen LogP contribution in [0.4, 0.5) is 0 Å². The summed E-state index contributed by atoms with van der Waals surface area (Å²) in [6.45, 7) is 4.46. The number of ether oxygens (including phenoxy) is 2. The summed E-state index contributed by atoms with van der Waals surface area (Å²) in [6.07, 6.45) is 3.42. The molecule has 7 heteroatoms. The monoisotopic (exact) mass is 434 g/mol. The topological polar surface area (TPSA) is 72.1 Å². The van der Waals surface area contributed by atoms with Crippen LogP contribution in [0.3, 0.4) is 0 Å². The molecule has 32 heavy (non-hydrogen) atoms. The van der Waals surface area contributed by atoms with Gasteiger partial charge in [0.15, 0.2) is 17.5 Å². The molecule has 1 aliphatic heterocycles. The van der Waals surface area contributed by atoms with Gasteiger partial charge >= 0.3 is 0 Å². The fourth-order valence-electron chi connectivity index (χ4n) is 3.95. The van der Waals surface area contributed by atoms with Gasteiger partial charge in [0.2, 0.25) is 5.89 Å². The van der Waals surface area contributed by atoms with Gasteiger partial charge in [-0.3, -0.25) is 4.99 Å². The molecule has 168 valence electrons. The summed E-state index contributed by atoms with van der Waals surface area (Å²) in [7, 11) is 5.15. The predicted molar refractivity (Wildman–Crippen MR) is 125 cm³/mol. The summed E-state index contributed by atoms with van der Waals surface area (Å²) in [6, 6.07) is 12.3. The smallest absolute Gasteiger partial charge is 0.226 e. The average Bonchev–Trinajstić information content (AvgIpc) is 3.30. The molecule has 0 amide bonds. The number of aromatic nitrogens is 1. The molecule has 7 nitrogen and oxygen atoms in total. The Bertz CT molecular complexity index is 1090. The Kier molecular flexibility index (Phi) is 6.63. The molecule has 1 N–H and O–H groups in total. The molecule has 0 aliphatic carbocycles. The number of benzene rings is 2. The van der Waals surface area contributed by atoms with Crippen LogP contribution in [0.15, 0.2) is 52.1 Å². The van der Waals surface area contributed by atoms with Gasteiger partial charge in [-0.1, -0.05) is 17.7 Å². The van der Waals surface area contributed by atoms with E-state index in [1.54, 1.807) is 20.5 Å². The zero-order valence-electron chi connectivity index (χ0n) is 19.1. The van der Waals surface area contributed by atoms with Gasteiger partial charge in [-0.25, -0.2) is 4.98 Å². The zero-order valence-corrected chi connectivity index (χ0v) is 19.1. The normalized spacial score (nSPS) is 13.6. The largest absolute Gasteiger partial charge is 0.493 e. The Balaban J connectivity index is 1.35. The molecule has 0 saturated carbocycles. The van der Waals surface area contributed by atoms with E-state index >= 15 is 0 Å². The first-order valence-corrected chi connectivity index (χ1v) is 10.8. The summed E-state index contributed by atoms with van der Waals surface area (Å²) >= 11 is 0. The second-order valence-corrected chi connectivity index (χ2v) is 7.88. The molecule has 2 aromatic carbocycles. The van der Waals surface area contributed by atoms with Crippen LogP contribution >= 0.6 is 0 Å². The van der Waals surface area contributed by atoms with E-state index in [-0.39, 0.29) is 0 Å². The van der Waals surface area contributed by atoms with Crippen LogP contribution in [0.5, 0.6) is 11.5 Å². The van der Waals surface area contributed by atoms with E-state index in [2.05, 4.69) is 51.4 Å². The van der Waals surface area contributed by atoms with Gasteiger partial charge in [0.1, 0.15) is 6.26 Å². The van der Waals surface area contributed by atoms with E-state index < -0.39 is 0 Å². The van der Waals surface area contributed by atoms with Crippen molar-refractivity contribution >= 4 is 5.96 Å². The van der Waals surface area contributed by atoms with Gasteiger partial charge in [0, 0.05) is 38.7 Å². The highest BCUT2D eigenvalue weighted by Crippen LogP contribution is 2.33. The van der Waals surface area contributed by atoms with Crippen molar-refractivity contribution in [3.05, 3.63) is 65.0 Å². The third kappa shape index (κ3) is 4.72. The molecule has 1 aliphatic rings. The van der Waals surface area contributed by atoms with Gasteiger partial charge in [-0.2, -0.15) is 0 Å². The SMILES string of the molecule is CN=C(NCCc1coc(-c2ccc(C)cc2)n1)N1CCc2cc(OC)c(OC)cc2C1. The minimum atomic E-state index is 0.654. The maximum absolute atomic E-state index is 5.67. The Morgan fingerprint density at radius 1 is 1.12 bits per heavy atom. The number of guanidine groups is 1. The minimum Gasteiger partial charge on any atom is -0.493 e. The fourth-order valence-corrected chi connectivity index (χ4v) is 3.95. The van der Waals surface area contributed by atoms with Gasteiger partial charge in [0.05, 0.1) is 19.9 Å². The van der Waals surface area contributed by atoms with Crippen molar-refractivity contribution in [3.8, 4) is 23.0 Å². The fraction of sp³-hybridized carbons (Fsp3) is 0.360. The number of oxazole rings is 1. The molecule has 4 rings (SSSR count). The number of nitrogens with zero attached hydrogens (tertiary/aromatic N) is 3. The second-order valence-electron chi connectivity index (χ2n) is 7.88. The third-order valence-electron chi connectivity index (χ3n) is 5.74. The van der Waals surface area contributed by atoms with E-state index in [9.17, 15) is 0 Å². The Hall–Kier alpha value is -3.48. The predicted octanol–water partition coefficient (Wildman–Crippen LogP) is 3.84. The van der Waals surface area contributed by atoms with E-state index in [1.165, 1.54) is 16.7 Å². The second kappa shape index (κ2) is 9.77. The Labute approximate surface area is 189 Å². The molecule has 1 aromatic heterocycles. The molecule has 0 radical (unpaired) electrons.